The van der Waals surface area contributed by atoms with Crippen LogP contribution in [-0.2, 0) is 24.9 Å². The molecule has 2 heterocycles. The number of thioether (sulfide) groups is 1. The highest BCUT2D eigenvalue weighted by Crippen LogP contribution is 2.35. The normalized spacial score (nSPS) is 14.5. The van der Waals surface area contributed by atoms with Crippen LogP contribution in [0, 0.1) is 25.2 Å². The van der Waals surface area contributed by atoms with Gasteiger partial charge >= 0.3 is 0 Å². The van der Waals surface area contributed by atoms with Gasteiger partial charge in [-0.25, -0.2) is 0 Å². The molecule has 0 aliphatic carbocycles. The molecule has 0 radical (unpaired) electrons. The van der Waals surface area contributed by atoms with Crippen molar-refractivity contribution in [3.05, 3.63) is 103 Å². The topological polar surface area (TPSA) is 78.1 Å². The lowest BCUT2D eigenvalue weighted by molar-refractivity contribution is -0.122. The third kappa shape index (κ3) is 5.06. The second kappa shape index (κ2) is 10.3. The Balaban J connectivity index is 1.72. The zero-order valence-electron chi connectivity index (χ0n) is 19.7. The number of hydrogen-bond acceptors (Lipinski definition) is 6. The van der Waals surface area contributed by atoms with E-state index in [4.69, 9.17) is 12.2 Å². The molecular weight excluding hydrogens is 476 g/mol. The van der Waals surface area contributed by atoms with Crippen molar-refractivity contribution in [2.24, 2.45) is 7.05 Å². The van der Waals surface area contributed by atoms with Gasteiger partial charge in [0.2, 0.25) is 0 Å². The van der Waals surface area contributed by atoms with E-state index in [9.17, 15) is 14.9 Å². The van der Waals surface area contributed by atoms with Crippen LogP contribution in [0.2, 0.25) is 0 Å². The number of nitriles is 1. The summed E-state index contributed by atoms with van der Waals surface area (Å²) in [5.41, 5.74) is 4.00. The molecule has 1 aromatic heterocycles. The summed E-state index contributed by atoms with van der Waals surface area (Å²) >= 11 is 6.72. The highest BCUT2D eigenvalue weighted by atomic mass is 32.2. The molecule has 1 amide bonds. The van der Waals surface area contributed by atoms with Gasteiger partial charge in [0.25, 0.3) is 11.5 Å². The fraction of sp³-hybridized carbons (Fsp3) is 0.185. The zero-order valence-corrected chi connectivity index (χ0v) is 21.3. The smallest absolute Gasteiger partial charge is 0.270 e. The van der Waals surface area contributed by atoms with E-state index in [1.807, 2.05) is 67.6 Å². The Labute approximate surface area is 213 Å². The van der Waals surface area contributed by atoms with Crippen LogP contribution in [-0.4, -0.2) is 19.7 Å². The number of nitrogens with zero attached hydrogens (tertiary/aromatic N) is 3. The fourth-order valence-corrected chi connectivity index (χ4v) is 5.11. The molecule has 8 heteroatoms. The standard InChI is InChI=1S/C27H24N4O2S2/c1-17-9-11-19(12-10-17)15-29-24-21(18(2)22(14-28)25(32)30(24)3)13-23-26(33)31(27(34)35-23)16-20-7-5-4-6-8-20/h4-13,29H,15-16H2,1-3H3/b23-13-. The number of pyridine rings is 1. The van der Waals surface area contributed by atoms with Crippen molar-refractivity contribution in [1.29, 1.82) is 5.26 Å². The van der Waals surface area contributed by atoms with Crippen molar-refractivity contribution in [3.8, 4) is 6.07 Å². The maximum absolute atomic E-state index is 13.3. The second-order valence-corrected chi connectivity index (χ2v) is 10.0. The van der Waals surface area contributed by atoms with Crippen LogP contribution in [0.3, 0.4) is 0 Å². The quantitative estimate of drug-likeness (QED) is 0.384. The van der Waals surface area contributed by atoms with Gasteiger partial charge in [0.1, 0.15) is 21.8 Å². The molecule has 35 heavy (non-hydrogen) atoms. The Hall–Kier alpha value is -3.67. The number of aryl methyl sites for hydroxylation is 1. The van der Waals surface area contributed by atoms with Gasteiger partial charge in [-0.15, -0.1) is 0 Å². The molecule has 3 aromatic rings. The fourth-order valence-electron chi connectivity index (χ4n) is 3.87. The van der Waals surface area contributed by atoms with E-state index in [-0.39, 0.29) is 17.0 Å². The number of benzene rings is 2. The van der Waals surface area contributed by atoms with Gasteiger partial charge in [-0.3, -0.25) is 19.1 Å². The lowest BCUT2D eigenvalue weighted by atomic mass is 10.0. The van der Waals surface area contributed by atoms with Gasteiger partial charge in [-0.05, 0) is 36.6 Å². The highest BCUT2D eigenvalue weighted by Gasteiger charge is 2.32. The van der Waals surface area contributed by atoms with E-state index in [2.05, 4.69) is 5.32 Å². The van der Waals surface area contributed by atoms with E-state index in [0.717, 1.165) is 16.7 Å². The third-order valence-corrected chi connectivity index (χ3v) is 7.29. The minimum atomic E-state index is -0.384. The molecule has 0 bridgehead atoms. The van der Waals surface area contributed by atoms with E-state index in [1.54, 1.807) is 24.9 Å². The molecule has 0 atom stereocenters. The first-order valence-corrected chi connectivity index (χ1v) is 12.2. The summed E-state index contributed by atoms with van der Waals surface area (Å²) in [6, 6.07) is 19.8. The van der Waals surface area contributed by atoms with Gasteiger partial charge in [0, 0.05) is 19.2 Å². The number of amides is 1. The van der Waals surface area contributed by atoms with Crippen molar-refractivity contribution in [2.45, 2.75) is 26.9 Å². The first kappa shape index (κ1) is 24.5. The Morgan fingerprint density at radius 3 is 2.40 bits per heavy atom. The van der Waals surface area contributed by atoms with E-state index < -0.39 is 0 Å². The van der Waals surface area contributed by atoms with Gasteiger partial charge in [-0.2, -0.15) is 5.26 Å². The van der Waals surface area contributed by atoms with Crippen LogP contribution in [0.15, 0.2) is 64.3 Å². The average Bonchev–Trinajstić information content (AvgIpc) is 3.11. The molecule has 0 saturated carbocycles. The summed E-state index contributed by atoms with van der Waals surface area (Å²) in [4.78, 5) is 28.1. The van der Waals surface area contributed by atoms with Crippen molar-refractivity contribution in [1.82, 2.24) is 9.47 Å². The van der Waals surface area contributed by atoms with E-state index >= 15 is 0 Å². The molecule has 176 valence electrons. The minimum Gasteiger partial charge on any atom is -0.367 e. The Morgan fingerprint density at radius 2 is 1.74 bits per heavy atom. The minimum absolute atomic E-state index is 0.0550. The molecule has 2 aromatic carbocycles. The predicted octanol–water partition coefficient (Wildman–Crippen LogP) is 4.89. The summed E-state index contributed by atoms with van der Waals surface area (Å²) in [5.74, 6) is 0.348. The molecular formula is C27H24N4O2S2. The number of aromatic nitrogens is 1. The first-order valence-electron chi connectivity index (χ1n) is 11.0. The molecule has 1 fully saturated rings. The Bertz CT molecular complexity index is 1440. The van der Waals surface area contributed by atoms with E-state index in [1.165, 1.54) is 16.3 Å². The molecule has 0 spiro atoms. The van der Waals surface area contributed by atoms with Crippen molar-refractivity contribution in [3.63, 3.8) is 0 Å². The number of nitrogens with one attached hydrogen (secondary N) is 1. The van der Waals surface area contributed by atoms with Crippen LogP contribution in [0.1, 0.15) is 33.4 Å². The number of carbonyl (C=O) groups is 1. The SMILES string of the molecule is Cc1ccc(CNc2c(/C=C3\SC(=S)N(Cc4ccccc4)C3=O)c(C)c(C#N)c(=O)n2C)cc1. The summed E-state index contributed by atoms with van der Waals surface area (Å²) in [6.45, 7) is 4.62. The van der Waals surface area contributed by atoms with Crippen LogP contribution in [0.5, 0.6) is 0 Å². The zero-order chi connectivity index (χ0) is 25.1. The van der Waals surface area contributed by atoms with Crippen molar-refractivity contribution in [2.75, 3.05) is 5.32 Å². The van der Waals surface area contributed by atoms with Gasteiger partial charge < -0.3 is 5.32 Å². The van der Waals surface area contributed by atoms with Crippen LogP contribution in [0.25, 0.3) is 6.08 Å². The second-order valence-electron chi connectivity index (χ2n) is 8.33. The average molecular weight is 501 g/mol. The largest absolute Gasteiger partial charge is 0.367 e. The number of rotatable bonds is 6. The first-order chi connectivity index (χ1) is 16.8. The lowest BCUT2D eigenvalue weighted by Crippen LogP contribution is -2.27. The molecule has 0 unspecified atom stereocenters. The molecule has 1 aliphatic heterocycles. The molecule has 4 rings (SSSR count). The van der Waals surface area contributed by atoms with Crippen LogP contribution in [0.4, 0.5) is 5.82 Å². The maximum Gasteiger partial charge on any atom is 0.270 e. The van der Waals surface area contributed by atoms with Gasteiger partial charge in [0.05, 0.1) is 11.4 Å². The Kier molecular flexibility index (Phi) is 7.20. The molecule has 6 nitrogen and oxygen atoms in total. The van der Waals surface area contributed by atoms with Crippen LogP contribution >= 0.6 is 24.0 Å². The summed E-state index contributed by atoms with van der Waals surface area (Å²) in [5, 5.41) is 13.0. The van der Waals surface area contributed by atoms with Crippen LogP contribution < -0.4 is 10.9 Å². The molecule has 1 N–H and O–H groups in total. The summed E-state index contributed by atoms with van der Waals surface area (Å²) in [6.07, 6.45) is 1.73. The number of carbonyl (C=O) groups excluding carboxylic acids is 1. The van der Waals surface area contributed by atoms with Gasteiger partial charge in [0.15, 0.2) is 0 Å². The number of anilines is 1. The Morgan fingerprint density at radius 1 is 1.06 bits per heavy atom. The van der Waals surface area contributed by atoms with Crippen molar-refractivity contribution < 1.29 is 4.79 Å². The monoisotopic (exact) mass is 500 g/mol. The number of hydrogen-bond donors (Lipinski definition) is 1. The van der Waals surface area contributed by atoms with Gasteiger partial charge in [-0.1, -0.05) is 84.1 Å². The summed E-state index contributed by atoms with van der Waals surface area (Å²) < 4.78 is 1.90. The highest BCUT2D eigenvalue weighted by molar-refractivity contribution is 8.26. The maximum atomic E-state index is 13.3. The third-order valence-electron chi connectivity index (χ3n) is 5.91. The molecule has 1 aliphatic rings. The van der Waals surface area contributed by atoms with Crippen molar-refractivity contribution >= 4 is 46.1 Å². The summed E-state index contributed by atoms with van der Waals surface area (Å²) in [7, 11) is 1.62. The van der Waals surface area contributed by atoms with E-state index in [0.29, 0.717) is 39.3 Å². The lowest BCUT2D eigenvalue weighted by Gasteiger charge is -2.18. The molecule has 1 saturated heterocycles. The number of thiocarbonyl (C=S) groups is 1. The predicted molar refractivity (Wildman–Crippen MR) is 145 cm³/mol.